The second-order valence-corrected chi connectivity index (χ2v) is 4.33. The van der Waals surface area contributed by atoms with Gasteiger partial charge in [-0.1, -0.05) is 24.4 Å². The topological polar surface area (TPSA) is 108 Å². The highest BCUT2D eigenvalue weighted by atomic mass is 16.5. The molecule has 6 nitrogen and oxygen atoms in total. The molecule has 1 saturated carbocycles. The summed E-state index contributed by atoms with van der Waals surface area (Å²) in [5.41, 5.74) is 10.6. The van der Waals surface area contributed by atoms with Crippen molar-refractivity contribution in [3.63, 3.8) is 0 Å². The lowest BCUT2D eigenvalue weighted by molar-refractivity contribution is 0.0987. The Kier molecular flexibility index (Phi) is 2.91. The molecule has 0 saturated heterocycles. The molecular formula is C10H16N4O2. The number of rotatable bonds is 3. The van der Waals surface area contributed by atoms with Gasteiger partial charge in [0.05, 0.1) is 5.41 Å². The zero-order chi connectivity index (χ0) is 11.6. The van der Waals surface area contributed by atoms with Crippen molar-refractivity contribution in [3.05, 3.63) is 11.7 Å². The molecule has 0 atom stereocenters. The van der Waals surface area contributed by atoms with E-state index in [1.54, 1.807) is 0 Å². The van der Waals surface area contributed by atoms with Crippen LogP contribution < -0.4 is 11.5 Å². The fraction of sp³-hybridized carbons (Fsp3) is 0.700. The van der Waals surface area contributed by atoms with Crippen LogP contribution in [0.15, 0.2) is 4.52 Å². The molecule has 1 aliphatic rings. The highest BCUT2D eigenvalue weighted by molar-refractivity contribution is 5.88. The van der Waals surface area contributed by atoms with Crippen LogP contribution in [0.25, 0.3) is 0 Å². The van der Waals surface area contributed by atoms with E-state index in [1.807, 2.05) is 0 Å². The Hall–Kier alpha value is -1.43. The number of carbonyl (C=O) groups excluding carboxylic acids is 1. The van der Waals surface area contributed by atoms with E-state index in [1.165, 1.54) is 6.42 Å². The van der Waals surface area contributed by atoms with E-state index in [0.29, 0.717) is 12.4 Å². The summed E-state index contributed by atoms with van der Waals surface area (Å²) in [6.45, 7) is 0.466. The lowest BCUT2D eigenvalue weighted by Gasteiger charge is -2.32. The van der Waals surface area contributed by atoms with Gasteiger partial charge in [-0.15, -0.1) is 0 Å². The first-order valence-corrected chi connectivity index (χ1v) is 5.52. The van der Waals surface area contributed by atoms with Gasteiger partial charge in [-0.25, -0.2) is 0 Å². The van der Waals surface area contributed by atoms with Crippen molar-refractivity contribution in [1.82, 2.24) is 10.1 Å². The number of nitrogens with zero attached hydrogens (tertiary/aromatic N) is 2. The molecule has 2 rings (SSSR count). The molecule has 88 valence electrons. The molecule has 0 radical (unpaired) electrons. The van der Waals surface area contributed by atoms with Crippen LogP contribution in [0.1, 0.15) is 48.6 Å². The van der Waals surface area contributed by atoms with Crippen LogP contribution in [-0.4, -0.2) is 22.6 Å². The molecule has 1 aromatic heterocycles. The van der Waals surface area contributed by atoms with E-state index in [-0.39, 0.29) is 11.2 Å². The zero-order valence-electron chi connectivity index (χ0n) is 9.11. The van der Waals surface area contributed by atoms with Gasteiger partial charge >= 0.3 is 0 Å². The van der Waals surface area contributed by atoms with Crippen molar-refractivity contribution < 1.29 is 9.32 Å². The Balaban J connectivity index is 2.28. The monoisotopic (exact) mass is 224 g/mol. The van der Waals surface area contributed by atoms with Crippen molar-refractivity contribution in [2.75, 3.05) is 6.54 Å². The van der Waals surface area contributed by atoms with Crippen molar-refractivity contribution in [2.45, 2.75) is 37.5 Å². The van der Waals surface area contributed by atoms with Crippen LogP contribution in [0.4, 0.5) is 0 Å². The number of hydrogen-bond donors (Lipinski definition) is 2. The van der Waals surface area contributed by atoms with Gasteiger partial charge in [0, 0.05) is 6.54 Å². The molecule has 0 bridgehead atoms. The highest BCUT2D eigenvalue weighted by Crippen LogP contribution is 2.37. The number of aromatic nitrogens is 2. The van der Waals surface area contributed by atoms with Crippen molar-refractivity contribution in [3.8, 4) is 0 Å². The molecule has 1 aliphatic carbocycles. The molecule has 1 heterocycles. The third-order valence-electron chi connectivity index (χ3n) is 3.30. The Morgan fingerprint density at radius 1 is 1.38 bits per heavy atom. The van der Waals surface area contributed by atoms with E-state index < -0.39 is 5.91 Å². The lowest BCUT2D eigenvalue weighted by atomic mass is 9.74. The molecule has 0 aliphatic heterocycles. The van der Waals surface area contributed by atoms with Gasteiger partial charge in [-0.05, 0) is 12.8 Å². The van der Waals surface area contributed by atoms with Crippen LogP contribution in [0.2, 0.25) is 0 Å². The molecular weight excluding hydrogens is 208 g/mol. The minimum Gasteiger partial charge on any atom is -0.363 e. The summed E-state index contributed by atoms with van der Waals surface area (Å²) < 4.78 is 5.12. The number of hydrogen-bond acceptors (Lipinski definition) is 5. The SMILES string of the molecule is NCC1(c2nc(C(N)=O)no2)CCCCC1. The third-order valence-corrected chi connectivity index (χ3v) is 3.30. The fourth-order valence-electron chi connectivity index (χ4n) is 2.27. The molecule has 16 heavy (non-hydrogen) atoms. The summed E-state index contributed by atoms with van der Waals surface area (Å²) >= 11 is 0. The molecule has 1 fully saturated rings. The van der Waals surface area contributed by atoms with Crippen molar-refractivity contribution >= 4 is 5.91 Å². The first-order valence-electron chi connectivity index (χ1n) is 5.52. The maximum Gasteiger partial charge on any atom is 0.290 e. The first-order chi connectivity index (χ1) is 7.68. The summed E-state index contributed by atoms with van der Waals surface area (Å²) in [6.07, 6.45) is 5.28. The van der Waals surface area contributed by atoms with E-state index >= 15 is 0 Å². The van der Waals surface area contributed by atoms with E-state index in [9.17, 15) is 4.79 Å². The molecule has 0 unspecified atom stereocenters. The Labute approximate surface area is 93.4 Å². The summed E-state index contributed by atoms with van der Waals surface area (Å²) in [5.74, 6) is -0.269. The number of primary amides is 1. The van der Waals surface area contributed by atoms with Gasteiger partial charge in [0.15, 0.2) is 0 Å². The third kappa shape index (κ3) is 1.80. The summed E-state index contributed by atoms with van der Waals surface area (Å²) in [5, 5.41) is 3.57. The molecule has 0 aromatic carbocycles. The Morgan fingerprint density at radius 3 is 2.56 bits per heavy atom. The quantitative estimate of drug-likeness (QED) is 0.769. The van der Waals surface area contributed by atoms with Crippen LogP contribution in [0.3, 0.4) is 0 Å². The van der Waals surface area contributed by atoms with Crippen molar-refractivity contribution in [2.24, 2.45) is 11.5 Å². The average Bonchev–Trinajstić information content (AvgIpc) is 2.80. The molecule has 6 heteroatoms. The number of carbonyl (C=O) groups is 1. The highest BCUT2D eigenvalue weighted by Gasteiger charge is 2.38. The van der Waals surface area contributed by atoms with Crippen LogP contribution in [-0.2, 0) is 5.41 Å². The van der Waals surface area contributed by atoms with Gasteiger partial charge in [0.2, 0.25) is 5.89 Å². The normalized spacial score (nSPS) is 19.6. The largest absolute Gasteiger partial charge is 0.363 e. The Bertz CT molecular complexity index is 382. The summed E-state index contributed by atoms with van der Waals surface area (Å²) in [7, 11) is 0. The zero-order valence-corrected chi connectivity index (χ0v) is 9.11. The van der Waals surface area contributed by atoms with Crippen LogP contribution in [0.5, 0.6) is 0 Å². The predicted molar refractivity (Wildman–Crippen MR) is 56.6 cm³/mol. The van der Waals surface area contributed by atoms with Gasteiger partial charge < -0.3 is 16.0 Å². The van der Waals surface area contributed by atoms with E-state index in [2.05, 4.69) is 10.1 Å². The van der Waals surface area contributed by atoms with Crippen LogP contribution in [0, 0.1) is 0 Å². The van der Waals surface area contributed by atoms with Gasteiger partial charge in [-0.2, -0.15) is 4.98 Å². The fourth-order valence-corrected chi connectivity index (χ4v) is 2.27. The second kappa shape index (κ2) is 4.21. The Morgan fingerprint density at radius 2 is 2.06 bits per heavy atom. The molecule has 0 spiro atoms. The van der Waals surface area contributed by atoms with E-state index in [4.69, 9.17) is 16.0 Å². The molecule has 4 N–H and O–H groups in total. The maximum absolute atomic E-state index is 10.9. The average molecular weight is 224 g/mol. The minimum atomic E-state index is -0.669. The maximum atomic E-state index is 10.9. The summed E-state index contributed by atoms with van der Waals surface area (Å²) in [4.78, 5) is 14.9. The van der Waals surface area contributed by atoms with E-state index in [0.717, 1.165) is 25.7 Å². The molecule has 1 aromatic rings. The molecule has 1 amide bonds. The van der Waals surface area contributed by atoms with Gasteiger partial charge in [0.25, 0.3) is 11.7 Å². The van der Waals surface area contributed by atoms with Crippen molar-refractivity contribution in [1.29, 1.82) is 0 Å². The first kappa shape index (κ1) is 11.1. The second-order valence-electron chi connectivity index (χ2n) is 4.33. The standard InChI is InChI=1S/C10H16N4O2/c11-6-10(4-2-1-3-5-10)9-13-8(7(12)15)14-16-9/h1-6,11H2,(H2,12,15). The number of amides is 1. The minimum absolute atomic E-state index is 0.0617. The van der Waals surface area contributed by atoms with Crippen LogP contribution >= 0.6 is 0 Å². The predicted octanol–water partition coefficient (Wildman–Crippen LogP) is 0.329. The lowest BCUT2D eigenvalue weighted by Crippen LogP contribution is -2.37. The smallest absolute Gasteiger partial charge is 0.290 e. The number of nitrogens with two attached hydrogens (primary N) is 2. The van der Waals surface area contributed by atoms with Gasteiger partial charge in [0.1, 0.15) is 0 Å². The summed E-state index contributed by atoms with van der Waals surface area (Å²) in [6, 6.07) is 0. The van der Waals surface area contributed by atoms with Gasteiger partial charge in [-0.3, -0.25) is 4.79 Å².